The normalized spacial score (nSPS) is 24.3. The van der Waals surface area contributed by atoms with Crippen molar-refractivity contribution < 1.29 is 19.7 Å². The van der Waals surface area contributed by atoms with E-state index in [0.29, 0.717) is 18.3 Å². The van der Waals surface area contributed by atoms with Gasteiger partial charge in [0.05, 0.1) is 24.6 Å². The average Bonchev–Trinajstić information content (AvgIpc) is 2.93. The summed E-state index contributed by atoms with van der Waals surface area (Å²) in [4.78, 5) is 17.4. The fourth-order valence-electron chi connectivity index (χ4n) is 5.50. The van der Waals surface area contributed by atoms with Crippen LogP contribution in [0, 0.1) is 17.8 Å². The van der Waals surface area contributed by atoms with Crippen molar-refractivity contribution >= 4 is 16.9 Å². The van der Waals surface area contributed by atoms with Crippen LogP contribution in [-0.4, -0.2) is 52.3 Å². The van der Waals surface area contributed by atoms with E-state index < -0.39 is 12.1 Å². The van der Waals surface area contributed by atoms with Crippen molar-refractivity contribution in [2.24, 2.45) is 17.8 Å². The number of aromatic nitrogens is 1. The van der Waals surface area contributed by atoms with E-state index in [9.17, 15) is 9.90 Å². The number of carboxylic acids is 1. The molecule has 3 aliphatic heterocycles. The molecule has 36 heavy (non-hydrogen) atoms. The minimum Gasteiger partial charge on any atom is -0.497 e. The van der Waals surface area contributed by atoms with E-state index in [4.69, 9.17) is 9.84 Å². The number of rotatable bonds is 7. The zero-order valence-corrected chi connectivity index (χ0v) is 21.1. The molecule has 4 heterocycles. The third-order valence-corrected chi connectivity index (χ3v) is 7.63. The summed E-state index contributed by atoms with van der Waals surface area (Å²) in [6.07, 6.45) is 6.23. The molecule has 6 nitrogen and oxygen atoms in total. The van der Waals surface area contributed by atoms with E-state index in [1.807, 2.05) is 54.6 Å². The lowest BCUT2D eigenvalue weighted by molar-refractivity contribution is -0.141. The zero-order chi connectivity index (χ0) is 25.7. The van der Waals surface area contributed by atoms with Crippen LogP contribution in [0.15, 0.2) is 73.4 Å². The Morgan fingerprint density at radius 1 is 1.25 bits per heavy atom. The molecule has 3 aliphatic rings. The van der Waals surface area contributed by atoms with E-state index >= 15 is 0 Å². The molecule has 2 aromatic carbocycles. The average molecular weight is 489 g/mol. The van der Waals surface area contributed by atoms with Gasteiger partial charge in [0.15, 0.2) is 0 Å². The number of aliphatic carboxylic acids is 1. The van der Waals surface area contributed by atoms with Gasteiger partial charge >= 0.3 is 5.97 Å². The van der Waals surface area contributed by atoms with Crippen LogP contribution >= 0.6 is 0 Å². The number of carboxylic acid groups (broad SMARTS) is 1. The number of hydrogen-bond donors (Lipinski definition) is 2. The molecule has 6 rings (SSSR count). The molecular formula is C30H36N2O4. The first kappa shape index (κ1) is 25.9. The van der Waals surface area contributed by atoms with Crippen LogP contribution in [0.3, 0.4) is 0 Å². The molecule has 6 atom stereocenters. The van der Waals surface area contributed by atoms with Gasteiger partial charge in [-0.15, -0.1) is 6.58 Å². The van der Waals surface area contributed by atoms with Gasteiger partial charge in [0, 0.05) is 24.2 Å². The van der Waals surface area contributed by atoms with Gasteiger partial charge in [-0.1, -0.05) is 43.3 Å². The van der Waals surface area contributed by atoms with Crippen LogP contribution in [-0.2, 0) is 11.2 Å². The van der Waals surface area contributed by atoms with Gasteiger partial charge in [0.1, 0.15) is 5.75 Å². The van der Waals surface area contributed by atoms with Crippen molar-refractivity contribution in [3.63, 3.8) is 0 Å². The summed E-state index contributed by atoms with van der Waals surface area (Å²) < 4.78 is 5.35. The lowest BCUT2D eigenvalue weighted by Crippen LogP contribution is -2.54. The highest BCUT2D eigenvalue weighted by molar-refractivity contribution is 5.84. The van der Waals surface area contributed by atoms with Crippen LogP contribution in [0.5, 0.6) is 5.75 Å². The molecule has 0 spiro atoms. The number of hydrogen-bond acceptors (Lipinski definition) is 5. The molecule has 3 saturated heterocycles. The lowest BCUT2D eigenvalue weighted by atomic mass is 9.73. The number of benzene rings is 2. The number of methoxy groups -OCH3 is 1. The SMILES string of the molecule is C=CC1CN2CCC1CC2C(O)c1ccnc2ccc(OC)cc12.CC(Cc1ccccc1)C(=O)O. The van der Waals surface area contributed by atoms with Crippen molar-refractivity contribution in [3.05, 3.63) is 84.6 Å². The third-order valence-electron chi connectivity index (χ3n) is 7.63. The Bertz CT molecular complexity index is 1180. The molecule has 2 bridgehead atoms. The van der Waals surface area contributed by atoms with Crippen LogP contribution in [0.1, 0.15) is 37.0 Å². The Balaban J connectivity index is 0.000000214. The Morgan fingerprint density at radius 2 is 2.03 bits per heavy atom. The van der Waals surface area contributed by atoms with Gasteiger partial charge < -0.3 is 14.9 Å². The number of aliphatic hydroxyl groups excluding tert-OH is 1. The number of fused-ring (bicyclic) bond motifs is 4. The number of piperidine rings is 3. The number of nitrogens with zero attached hydrogens (tertiary/aromatic N) is 2. The van der Waals surface area contributed by atoms with Crippen molar-refractivity contribution in [1.29, 1.82) is 0 Å². The quantitative estimate of drug-likeness (QED) is 0.449. The summed E-state index contributed by atoms with van der Waals surface area (Å²) in [6.45, 7) is 7.79. The molecule has 6 unspecified atom stereocenters. The zero-order valence-electron chi connectivity index (χ0n) is 21.1. The minimum absolute atomic E-state index is 0.178. The Morgan fingerprint density at radius 3 is 2.67 bits per heavy atom. The van der Waals surface area contributed by atoms with Gasteiger partial charge in [-0.2, -0.15) is 0 Å². The van der Waals surface area contributed by atoms with Crippen molar-refractivity contribution in [1.82, 2.24) is 9.88 Å². The predicted molar refractivity (Wildman–Crippen MR) is 142 cm³/mol. The maximum Gasteiger partial charge on any atom is 0.306 e. The highest BCUT2D eigenvalue weighted by Gasteiger charge is 2.42. The monoisotopic (exact) mass is 488 g/mol. The van der Waals surface area contributed by atoms with Crippen molar-refractivity contribution in [2.45, 2.75) is 38.3 Å². The summed E-state index contributed by atoms with van der Waals surface area (Å²) in [6, 6.07) is 17.6. The highest BCUT2D eigenvalue weighted by atomic mass is 16.5. The summed E-state index contributed by atoms with van der Waals surface area (Å²) in [5.41, 5.74) is 2.92. The number of aliphatic hydroxyl groups is 1. The van der Waals surface area contributed by atoms with E-state index in [1.54, 1.807) is 20.2 Å². The number of carbonyl (C=O) groups is 1. The molecular weight excluding hydrogens is 452 g/mol. The van der Waals surface area contributed by atoms with Gasteiger partial charge in [0.2, 0.25) is 0 Å². The predicted octanol–water partition coefficient (Wildman–Crippen LogP) is 5.12. The summed E-state index contributed by atoms with van der Waals surface area (Å²) in [5.74, 6) is 0.971. The van der Waals surface area contributed by atoms with Gasteiger partial charge in [-0.25, -0.2) is 0 Å². The van der Waals surface area contributed by atoms with Gasteiger partial charge in [-0.3, -0.25) is 14.7 Å². The molecule has 0 radical (unpaired) electrons. The largest absolute Gasteiger partial charge is 0.497 e. The second-order valence-corrected chi connectivity index (χ2v) is 9.90. The standard InChI is InChI=1S/C20H24N2O2.C10H12O2/c1-3-13-12-22-9-7-14(13)10-19(22)20(23)16-6-8-21-18-5-4-15(24-2)11-17(16)18;1-8(10(11)12)7-9-5-3-2-4-6-9/h3-6,8,11,13-14,19-20,23H,1,7,9-10,12H2,2H3;2-6,8H,7H2,1H3,(H,11,12). The first-order chi connectivity index (χ1) is 17.4. The van der Waals surface area contributed by atoms with E-state index in [2.05, 4.69) is 22.5 Å². The fourth-order valence-corrected chi connectivity index (χ4v) is 5.50. The van der Waals surface area contributed by atoms with E-state index in [-0.39, 0.29) is 12.0 Å². The van der Waals surface area contributed by atoms with Gasteiger partial charge in [0.25, 0.3) is 0 Å². The molecule has 1 aromatic heterocycles. The number of ether oxygens (including phenoxy) is 1. The molecule has 0 saturated carbocycles. The second kappa shape index (κ2) is 11.7. The molecule has 3 aromatic rings. The van der Waals surface area contributed by atoms with Crippen LogP contribution in [0.25, 0.3) is 10.9 Å². The molecule has 3 fully saturated rings. The Labute approximate surface area is 213 Å². The van der Waals surface area contributed by atoms with Gasteiger partial charge in [-0.05, 0) is 73.0 Å². The molecule has 190 valence electrons. The van der Waals surface area contributed by atoms with Crippen LogP contribution in [0.4, 0.5) is 0 Å². The van der Waals surface area contributed by atoms with Crippen molar-refractivity contribution in [2.75, 3.05) is 20.2 Å². The summed E-state index contributed by atoms with van der Waals surface area (Å²) >= 11 is 0. The molecule has 6 heteroatoms. The molecule has 0 aliphatic carbocycles. The lowest BCUT2D eigenvalue weighted by Gasteiger charge is -2.50. The Hall–Kier alpha value is -3.22. The van der Waals surface area contributed by atoms with Crippen molar-refractivity contribution in [3.8, 4) is 5.75 Å². The van der Waals surface area contributed by atoms with E-state index in [0.717, 1.165) is 47.3 Å². The van der Waals surface area contributed by atoms with Crippen LogP contribution in [0.2, 0.25) is 0 Å². The first-order valence-electron chi connectivity index (χ1n) is 12.6. The highest BCUT2D eigenvalue weighted by Crippen LogP contribution is 2.42. The maximum atomic E-state index is 11.2. The third kappa shape index (κ3) is 5.77. The maximum absolute atomic E-state index is 11.2. The topological polar surface area (TPSA) is 82.9 Å². The second-order valence-electron chi connectivity index (χ2n) is 9.90. The Kier molecular flexibility index (Phi) is 8.39. The summed E-state index contributed by atoms with van der Waals surface area (Å²) in [7, 11) is 1.66. The number of pyridine rings is 1. The molecule has 0 amide bonds. The van der Waals surface area contributed by atoms with E-state index in [1.165, 1.54) is 6.42 Å². The fraction of sp³-hybridized carbons (Fsp3) is 0.400. The summed E-state index contributed by atoms with van der Waals surface area (Å²) in [5, 5.41) is 20.8. The smallest absolute Gasteiger partial charge is 0.306 e. The first-order valence-corrected chi connectivity index (χ1v) is 12.6. The van der Waals surface area contributed by atoms with Crippen LogP contribution < -0.4 is 4.74 Å². The molecule has 2 N–H and O–H groups in total. The minimum atomic E-state index is -0.737.